The van der Waals surface area contributed by atoms with Crippen molar-refractivity contribution in [1.29, 1.82) is 0 Å². The van der Waals surface area contributed by atoms with E-state index in [1.807, 2.05) is 6.08 Å². The molecule has 0 aromatic rings. The summed E-state index contributed by atoms with van der Waals surface area (Å²) in [7, 11) is 0. The predicted molar refractivity (Wildman–Crippen MR) is 54.6 cm³/mol. The second kappa shape index (κ2) is 3.16. The van der Waals surface area contributed by atoms with E-state index in [9.17, 15) is 4.79 Å². The minimum atomic E-state index is -0.641. The summed E-state index contributed by atoms with van der Waals surface area (Å²) in [5.74, 6) is 0.119. The Balaban J connectivity index is 2.05. The van der Waals surface area contributed by atoms with Crippen LogP contribution in [0.25, 0.3) is 0 Å². The van der Waals surface area contributed by atoms with Crippen LogP contribution in [0.2, 0.25) is 0 Å². The van der Waals surface area contributed by atoms with E-state index in [0.29, 0.717) is 6.61 Å². The maximum atomic E-state index is 12.1. The van der Waals surface area contributed by atoms with E-state index in [1.165, 1.54) is 0 Å². The monoisotopic (exact) mass is 208 g/mol. The third-order valence-electron chi connectivity index (χ3n) is 3.98. The Labute approximate surface area is 89.4 Å². The van der Waals surface area contributed by atoms with Gasteiger partial charge in [-0.1, -0.05) is 6.08 Å². The van der Waals surface area contributed by atoms with Crippen molar-refractivity contribution in [2.45, 2.75) is 43.3 Å². The van der Waals surface area contributed by atoms with Gasteiger partial charge in [-0.2, -0.15) is 0 Å². The zero-order valence-electron chi connectivity index (χ0n) is 8.83. The van der Waals surface area contributed by atoms with Gasteiger partial charge in [-0.3, -0.25) is 4.79 Å². The second-order valence-electron chi connectivity index (χ2n) is 4.70. The van der Waals surface area contributed by atoms with Crippen molar-refractivity contribution >= 4 is 5.78 Å². The first kappa shape index (κ1) is 9.55. The third-order valence-corrected chi connectivity index (χ3v) is 3.98. The molecule has 2 fully saturated rings. The van der Waals surface area contributed by atoms with Crippen molar-refractivity contribution in [2.75, 3.05) is 13.2 Å². The molecule has 0 N–H and O–H groups in total. The Morgan fingerprint density at radius 3 is 2.60 bits per heavy atom. The van der Waals surface area contributed by atoms with Gasteiger partial charge in [0.15, 0.2) is 11.4 Å². The van der Waals surface area contributed by atoms with E-state index < -0.39 is 5.60 Å². The summed E-state index contributed by atoms with van der Waals surface area (Å²) in [6, 6.07) is 0. The molecule has 2 spiro atoms. The molecule has 0 aromatic carbocycles. The molecule has 2 saturated heterocycles. The lowest BCUT2D eigenvalue weighted by Gasteiger charge is -2.44. The Hall–Kier alpha value is -0.670. The van der Waals surface area contributed by atoms with E-state index in [0.717, 1.165) is 38.7 Å². The zero-order valence-corrected chi connectivity index (χ0v) is 8.83. The molecule has 2 aliphatic heterocycles. The summed E-state index contributed by atoms with van der Waals surface area (Å²) >= 11 is 0. The number of fused-ring (bicyclic) bond motifs is 1. The van der Waals surface area contributed by atoms with Gasteiger partial charge in [0, 0.05) is 13.2 Å². The van der Waals surface area contributed by atoms with Gasteiger partial charge in [0.25, 0.3) is 0 Å². The topological polar surface area (TPSA) is 35.5 Å². The Morgan fingerprint density at radius 2 is 1.93 bits per heavy atom. The molecule has 0 amide bonds. The van der Waals surface area contributed by atoms with Crippen LogP contribution in [0.3, 0.4) is 0 Å². The van der Waals surface area contributed by atoms with Crippen LogP contribution in [0, 0.1) is 0 Å². The predicted octanol–water partition coefficient (Wildman–Crippen LogP) is 1.61. The Bertz CT molecular complexity index is 307. The average molecular weight is 208 g/mol. The number of hydrogen-bond donors (Lipinski definition) is 0. The first-order chi connectivity index (χ1) is 7.29. The van der Waals surface area contributed by atoms with Crippen molar-refractivity contribution in [3.05, 3.63) is 12.2 Å². The van der Waals surface area contributed by atoms with Crippen molar-refractivity contribution in [1.82, 2.24) is 0 Å². The number of rotatable bonds is 0. The summed E-state index contributed by atoms with van der Waals surface area (Å²) in [6.07, 6.45) is 8.27. The highest BCUT2D eigenvalue weighted by Gasteiger charge is 2.61. The molecule has 15 heavy (non-hydrogen) atoms. The molecule has 0 unspecified atom stereocenters. The number of hydrogen-bond acceptors (Lipinski definition) is 3. The van der Waals surface area contributed by atoms with Crippen LogP contribution >= 0.6 is 0 Å². The lowest BCUT2D eigenvalue weighted by atomic mass is 9.71. The van der Waals surface area contributed by atoms with Crippen molar-refractivity contribution < 1.29 is 14.3 Å². The quantitative estimate of drug-likeness (QED) is 0.606. The van der Waals surface area contributed by atoms with Gasteiger partial charge >= 0.3 is 0 Å². The average Bonchev–Trinajstić information content (AvgIpc) is 2.84. The molecule has 0 aromatic heterocycles. The van der Waals surface area contributed by atoms with Gasteiger partial charge in [-0.05, 0) is 38.2 Å². The van der Waals surface area contributed by atoms with Gasteiger partial charge in [0.1, 0.15) is 5.60 Å². The molecule has 2 heterocycles. The maximum absolute atomic E-state index is 12.1. The highest BCUT2D eigenvalue weighted by Crippen LogP contribution is 2.49. The fraction of sp³-hybridized carbons (Fsp3) is 0.750. The Kier molecular flexibility index (Phi) is 2.01. The second-order valence-corrected chi connectivity index (χ2v) is 4.70. The van der Waals surface area contributed by atoms with E-state index in [2.05, 4.69) is 0 Å². The molecular weight excluding hydrogens is 192 g/mol. The molecule has 3 rings (SSSR count). The van der Waals surface area contributed by atoms with Crippen LogP contribution in [-0.4, -0.2) is 30.2 Å². The van der Waals surface area contributed by atoms with Gasteiger partial charge in [0.05, 0.1) is 0 Å². The Morgan fingerprint density at radius 1 is 1.13 bits per heavy atom. The molecule has 82 valence electrons. The van der Waals surface area contributed by atoms with Crippen LogP contribution in [0.4, 0.5) is 0 Å². The van der Waals surface area contributed by atoms with E-state index in [4.69, 9.17) is 9.47 Å². The largest absolute Gasteiger partial charge is 0.371 e. The van der Waals surface area contributed by atoms with Crippen LogP contribution in [0.5, 0.6) is 0 Å². The highest BCUT2D eigenvalue weighted by molar-refractivity contribution is 5.99. The molecule has 3 nitrogen and oxygen atoms in total. The van der Waals surface area contributed by atoms with Crippen LogP contribution in [-0.2, 0) is 14.3 Å². The molecule has 2 atom stereocenters. The molecule has 3 aliphatic rings. The van der Waals surface area contributed by atoms with Gasteiger partial charge < -0.3 is 9.47 Å². The fourth-order valence-electron chi connectivity index (χ4n) is 3.25. The van der Waals surface area contributed by atoms with Crippen LogP contribution in [0.1, 0.15) is 32.1 Å². The molecular formula is C12H16O3. The first-order valence-corrected chi connectivity index (χ1v) is 5.78. The SMILES string of the molecule is O=C1C=CC[C@@]2(CCCO2)[C@@]12CCCO2. The molecule has 1 aliphatic carbocycles. The first-order valence-electron chi connectivity index (χ1n) is 5.78. The van der Waals surface area contributed by atoms with Crippen molar-refractivity contribution in [3.63, 3.8) is 0 Å². The van der Waals surface area contributed by atoms with Gasteiger partial charge in [0.2, 0.25) is 0 Å². The zero-order chi connectivity index (χ0) is 10.4. The van der Waals surface area contributed by atoms with Gasteiger partial charge in [-0.15, -0.1) is 0 Å². The summed E-state index contributed by atoms with van der Waals surface area (Å²) in [5.41, 5.74) is -0.979. The summed E-state index contributed by atoms with van der Waals surface area (Å²) in [6.45, 7) is 1.47. The molecule has 0 saturated carbocycles. The highest BCUT2D eigenvalue weighted by atomic mass is 16.6. The minimum absolute atomic E-state index is 0.119. The molecule has 3 heteroatoms. The lowest BCUT2D eigenvalue weighted by Crippen LogP contribution is -2.59. The number of carbonyl (C=O) groups excluding carboxylic acids is 1. The maximum Gasteiger partial charge on any atom is 0.190 e. The number of ketones is 1. The van der Waals surface area contributed by atoms with Crippen LogP contribution in [0.15, 0.2) is 12.2 Å². The normalized spacial score (nSPS) is 44.7. The molecule has 0 radical (unpaired) electrons. The standard InChI is InChI=1S/C12H16O3/c13-10-4-1-5-11(6-2-8-14-11)12(10)7-3-9-15-12/h1,4H,2-3,5-9H2/t11-,12-/m1/s1. The smallest absolute Gasteiger partial charge is 0.190 e. The van der Waals surface area contributed by atoms with Gasteiger partial charge in [-0.25, -0.2) is 0 Å². The lowest BCUT2D eigenvalue weighted by molar-refractivity contribution is -0.179. The fourth-order valence-corrected chi connectivity index (χ4v) is 3.25. The summed E-state index contributed by atoms with van der Waals surface area (Å²) in [5, 5.41) is 0. The van der Waals surface area contributed by atoms with Crippen molar-refractivity contribution in [3.8, 4) is 0 Å². The van der Waals surface area contributed by atoms with Crippen LogP contribution < -0.4 is 0 Å². The van der Waals surface area contributed by atoms with E-state index >= 15 is 0 Å². The minimum Gasteiger partial charge on any atom is -0.371 e. The summed E-state index contributed by atoms with van der Waals surface area (Å²) < 4.78 is 11.7. The van der Waals surface area contributed by atoms with E-state index in [-0.39, 0.29) is 11.4 Å². The summed E-state index contributed by atoms with van der Waals surface area (Å²) in [4.78, 5) is 12.1. The third kappa shape index (κ3) is 1.11. The van der Waals surface area contributed by atoms with Crippen molar-refractivity contribution in [2.24, 2.45) is 0 Å². The van der Waals surface area contributed by atoms with E-state index in [1.54, 1.807) is 6.08 Å². The number of carbonyl (C=O) groups is 1. The number of ether oxygens (including phenoxy) is 2. The molecule has 0 bridgehead atoms.